The molecule has 3 N–H and O–H groups in total. The van der Waals surface area contributed by atoms with E-state index in [1.807, 2.05) is 0 Å². The van der Waals surface area contributed by atoms with Gasteiger partial charge in [-0.2, -0.15) is 0 Å². The summed E-state index contributed by atoms with van der Waals surface area (Å²) in [6.45, 7) is 3.59. The van der Waals surface area contributed by atoms with Gasteiger partial charge in [-0.15, -0.1) is 0 Å². The summed E-state index contributed by atoms with van der Waals surface area (Å²) in [5, 5.41) is 3.33. The minimum absolute atomic E-state index is 0.100. The molecule has 0 fully saturated rings. The molecule has 0 radical (unpaired) electrons. The van der Waals surface area contributed by atoms with Crippen molar-refractivity contribution >= 4 is 35.0 Å². The van der Waals surface area contributed by atoms with Gasteiger partial charge in [-0.3, -0.25) is 25.2 Å². The van der Waals surface area contributed by atoms with Crippen molar-refractivity contribution < 1.29 is 14.4 Å². The standard InChI is InChI=1S/C19H20ClN3O3/c1-12(2)18(25)21-16-9-5-14(6-10-16)19(26)23-22-17(24)11-13-3-7-15(20)8-4-13/h3-10,12H,11H2,1-2H3,(H,21,25)(H,22,24)(H,23,26). The molecule has 0 bridgehead atoms. The number of carbonyl (C=O) groups excluding carboxylic acids is 3. The maximum atomic E-state index is 12.1. The lowest BCUT2D eigenvalue weighted by Gasteiger charge is -2.10. The lowest BCUT2D eigenvalue weighted by Crippen LogP contribution is -2.42. The second kappa shape index (κ2) is 9.01. The summed E-state index contributed by atoms with van der Waals surface area (Å²) in [7, 11) is 0. The van der Waals surface area contributed by atoms with Crippen molar-refractivity contribution in [2.45, 2.75) is 20.3 Å². The molecule has 0 spiro atoms. The third kappa shape index (κ3) is 5.89. The summed E-state index contributed by atoms with van der Waals surface area (Å²) in [4.78, 5) is 35.6. The van der Waals surface area contributed by atoms with E-state index in [0.717, 1.165) is 5.56 Å². The number of hydrogen-bond donors (Lipinski definition) is 3. The van der Waals surface area contributed by atoms with Gasteiger partial charge in [-0.25, -0.2) is 0 Å². The third-order valence-electron chi connectivity index (χ3n) is 3.53. The predicted octanol–water partition coefficient (Wildman–Crippen LogP) is 2.94. The van der Waals surface area contributed by atoms with E-state index in [-0.39, 0.29) is 24.2 Å². The number of carbonyl (C=O) groups is 3. The Morgan fingerprint density at radius 1 is 0.923 bits per heavy atom. The van der Waals surface area contributed by atoms with Gasteiger partial charge in [0, 0.05) is 22.2 Å². The molecule has 6 nitrogen and oxygen atoms in total. The molecule has 0 atom stereocenters. The molecule has 0 saturated carbocycles. The summed E-state index contributed by atoms with van der Waals surface area (Å²) >= 11 is 5.79. The van der Waals surface area contributed by atoms with Crippen molar-refractivity contribution in [3.05, 3.63) is 64.7 Å². The molecule has 2 aromatic carbocycles. The van der Waals surface area contributed by atoms with Crippen molar-refractivity contribution in [1.82, 2.24) is 10.9 Å². The molecule has 3 amide bonds. The molecule has 0 heterocycles. The van der Waals surface area contributed by atoms with Gasteiger partial charge in [0.1, 0.15) is 0 Å². The number of nitrogens with one attached hydrogen (secondary N) is 3. The first-order chi connectivity index (χ1) is 12.3. The highest BCUT2D eigenvalue weighted by Gasteiger charge is 2.10. The van der Waals surface area contributed by atoms with Crippen LogP contribution in [0, 0.1) is 5.92 Å². The molecule has 2 aromatic rings. The number of halogens is 1. The van der Waals surface area contributed by atoms with E-state index >= 15 is 0 Å². The molecule has 26 heavy (non-hydrogen) atoms. The number of hydrazine groups is 1. The molecule has 0 unspecified atom stereocenters. The maximum absolute atomic E-state index is 12.1. The van der Waals surface area contributed by atoms with E-state index in [4.69, 9.17) is 11.6 Å². The first kappa shape index (κ1) is 19.5. The lowest BCUT2D eigenvalue weighted by molar-refractivity contribution is -0.121. The van der Waals surface area contributed by atoms with Gasteiger partial charge in [-0.05, 0) is 42.0 Å². The zero-order chi connectivity index (χ0) is 19.1. The van der Waals surface area contributed by atoms with Crippen LogP contribution in [0.25, 0.3) is 0 Å². The van der Waals surface area contributed by atoms with Crippen LogP contribution in [-0.2, 0) is 16.0 Å². The molecule has 0 aliphatic carbocycles. The fourth-order valence-corrected chi connectivity index (χ4v) is 2.15. The van der Waals surface area contributed by atoms with Crippen LogP contribution in [0.3, 0.4) is 0 Å². The van der Waals surface area contributed by atoms with Gasteiger partial charge in [0.05, 0.1) is 6.42 Å². The van der Waals surface area contributed by atoms with Gasteiger partial charge in [0.15, 0.2) is 0 Å². The average Bonchev–Trinajstić information content (AvgIpc) is 2.62. The SMILES string of the molecule is CC(C)C(=O)Nc1ccc(C(=O)NNC(=O)Cc2ccc(Cl)cc2)cc1. The number of anilines is 1. The highest BCUT2D eigenvalue weighted by Crippen LogP contribution is 2.11. The molecular formula is C19H20ClN3O3. The zero-order valence-electron chi connectivity index (χ0n) is 14.5. The Bertz CT molecular complexity index is 787. The van der Waals surface area contributed by atoms with Crippen LogP contribution in [0.15, 0.2) is 48.5 Å². The second-order valence-corrected chi connectivity index (χ2v) is 6.46. The molecular weight excluding hydrogens is 354 g/mol. The van der Waals surface area contributed by atoms with E-state index in [1.54, 1.807) is 62.4 Å². The normalized spacial score (nSPS) is 10.3. The van der Waals surface area contributed by atoms with E-state index in [9.17, 15) is 14.4 Å². The summed E-state index contributed by atoms with van der Waals surface area (Å²) in [5.41, 5.74) is 6.47. The Hall–Kier alpha value is -2.86. The van der Waals surface area contributed by atoms with Crippen molar-refractivity contribution in [1.29, 1.82) is 0 Å². The van der Waals surface area contributed by atoms with Crippen LogP contribution in [0.5, 0.6) is 0 Å². The largest absolute Gasteiger partial charge is 0.326 e. The third-order valence-corrected chi connectivity index (χ3v) is 3.78. The van der Waals surface area contributed by atoms with Crippen molar-refractivity contribution in [3.63, 3.8) is 0 Å². The fraction of sp³-hybridized carbons (Fsp3) is 0.211. The number of amides is 3. The van der Waals surface area contributed by atoms with Crippen LogP contribution < -0.4 is 16.2 Å². The molecule has 0 aromatic heterocycles. The Kier molecular flexibility index (Phi) is 6.74. The second-order valence-electron chi connectivity index (χ2n) is 6.03. The summed E-state index contributed by atoms with van der Waals surface area (Å²) in [5.74, 6) is -1.02. The number of hydrogen-bond acceptors (Lipinski definition) is 3. The van der Waals surface area contributed by atoms with Gasteiger partial charge >= 0.3 is 0 Å². The first-order valence-electron chi connectivity index (χ1n) is 8.09. The Morgan fingerprint density at radius 2 is 1.54 bits per heavy atom. The molecule has 2 rings (SSSR count). The van der Waals surface area contributed by atoms with Gasteiger partial charge in [-0.1, -0.05) is 37.6 Å². The predicted molar refractivity (Wildman–Crippen MR) is 101 cm³/mol. The van der Waals surface area contributed by atoms with Crippen LogP contribution in [0.1, 0.15) is 29.8 Å². The minimum atomic E-state index is -0.448. The van der Waals surface area contributed by atoms with Crippen LogP contribution >= 0.6 is 11.6 Å². The molecule has 7 heteroatoms. The topological polar surface area (TPSA) is 87.3 Å². The van der Waals surface area contributed by atoms with Gasteiger partial charge in [0.2, 0.25) is 11.8 Å². The number of benzene rings is 2. The van der Waals surface area contributed by atoms with E-state index in [2.05, 4.69) is 16.2 Å². The molecule has 0 saturated heterocycles. The van der Waals surface area contributed by atoms with Crippen molar-refractivity contribution in [3.8, 4) is 0 Å². The lowest BCUT2D eigenvalue weighted by atomic mass is 10.1. The van der Waals surface area contributed by atoms with Crippen LogP contribution in [0.4, 0.5) is 5.69 Å². The highest BCUT2D eigenvalue weighted by atomic mass is 35.5. The fourth-order valence-electron chi connectivity index (χ4n) is 2.02. The van der Waals surface area contributed by atoms with Gasteiger partial charge < -0.3 is 5.32 Å². The number of rotatable bonds is 5. The molecule has 0 aliphatic rings. The molecule has 0 aliphatic heterocycles. The van der Waals surface area contributed by atoms with E-state index in [0.29, 0.717) is 16.3 Å². The average molecular weight is 374 g/mol. The summed E-state index contributed by atoms with van der Waals surface area (Å²) < 4.78 is 0. The maximum Gasteiger partial charge on any atom is 0.269 e. The monoisotopic (exact) mass is 373 g/mol. The van der Waals surface area contributed by atoms with Crippen molar-refractivity contribution in [2.75, 3.05) is 5.32 Å². The van der Waals surface area contributed by atoms with Gasteiger partial charge in [0.25, 0.3) is 5.91 Å². The van der Waals surface area contributed by atoms with E-state index in [1.165, 1.54) is 0 Å². The first-order valence-corrected chi connectivity index (χ1v) is 8.47. The summed E-state index contributed by atoms with van der Waals surface area (Å²) in [6, 6.07) is 13.3. The zero-order valence-corrected chi connectivity index (χ0v) is 15.3. The van der Waals surface area contributed by atoms with E-state index < -0.39 is 5.91 Å². The van der Waals surface area contributed by atoms with Crippen LogP contribution in [-0.4, -0.2) is 17.7 Å². The Morgan fingerprint density at radius 3 is 2.12 bits per heavy atom. The Labute approximate surface area is 156 Å². The molecule has 136 valence electrons. The minimum Gasteiger partial charge on any atom is -0.326 e. The highest BCUT2D eigenvalue weighted by molar-refractivity contribution is 6.30. The quantitative estimate of drug-likeness (QED) is 0.704. The van der Waals surface area contributed by atoms with Crippen LogP contribution in [0.2, 0.25) is 5.02 Å². The van der Waals surface area contributed by atoms with Crippen molar-refractivity contribution in [2.24, 2.45) is 5.92 Å². The Balaban J connectivity index is 1.84. The summed E-state index contributed by atoms with van der Waals surface area (Å²) in [6.07, 6.45) is 0.123. The smallest absolute Gasteiger partial charge is 0.269 e.